The second kappa shape index (κ2) is 7.94. The summed E-state index contributed by atoms with van der Waals surface area (Å²) in [4.78, 5) is 29.8. The van der Waals surface area contributed by atoms with Crippen LogP contribution in [0.1, 0.15) is 40.9 Å². The van der Waals surface area contributed by atoms with Crippen molar-refractivity contribution in [2.24, 2.45) is 0 Å². The monoisotopic (exact) mass is 478 g/mol. The van der Waals surface area contributed by atoms with E-state index in [1.165, 1.54) is 47.0 Å². The van der Waals surface area contributed by atoms with Crippen LogP contribution >= 0.6 is 11.8 Å². The summed E-state index contributed by atoms with van der Waals surface area (Å²) in [5.74, 6) is -1.73. The molecule has 3 aromatic carbocycles. The first kappa shape index (κ1) is 22.6. The molecule has 2 heterocycles. The Morgan fingerprint density at radius 2 is 1.74 bits per heavy atom. The van der Waals surface area contributed by atoms with Crippen LogP contribution < -0.4 is 4.90 Å². The zero-order chi connectivity index (χ0) is 24.3. The Bertz CT molecular complexity index is 1310. The second-order valence-electron chi connectivity index (χ2n) is 9.42. The summed E-state index contributed by atoms with van der Waals surface area (Å²) in [7, 11) is 0. The van der Waals surface area contributed by atoms with Gasteiger partial charge < -0.3 is 9.80 Å². The lowest BCUT2D eigenvalue weighted by atomic mass is 10.0. The summed E-state index contributed by atoms with van der Waals surface area (Å²) in [6, 6.07) is 17.6. The summed E-state index contributed by atoms with van der Waals surface area (Å²) in [6.07, 6.45) is 0. The number of nitrogens with zero attached hydrogens (tertiary/aromatic N) is 2. The third-order valence-electron chi connectivity index (χ3n) is 6.29. The predicted octanol–water partition coefficient (Wildman–Crippen LogP) is 5.64. The van der Waals surface area contributed by atoms with E-state index in [-0.39, 0.29) is 30.4 Å². The minimum Gasteiger partial charge on any atom is -0.310 e. The number of fused-ring (bicyclic) bond motifs is 2. The van der Waals surface area contributed by atoms with Crippen LogP contribution in [-0.4, -0.2) is 28.0 Å². The molecule has 2 amide bonds. The summed E-state index contributed by atoms with van der Waals surface area (Å²) >= 11 is 1.42. The van der Waals surface area contributed by atoms with Crippen molar-refractivity contribution in [3.63, 3.8) is 0 Å². The summed E-state index contributed by atoms with van der Waals surface area (Å²) in [5.41, 5.74) is 3.10. The van der Waals surface area contributed by atoms with Gasteiger partial charge in [-0.05, 0) is 56.7 Å². The smallest absolute Gasteiger partial charge is 0.268 e. The first-order valence-corrected chi connectivity index (χ1v) is 11.9. The molecule has 2 aliphatic rings. The van der Waals surface area contributed by atoms with Gasteiger partial charge in [0.1, 0.15) is 11.6 Å². The normalized spacial score (nSPS) is 20.8. The first-order valence-electron chi connectivity index (χ1n) is 11.1. The number of hydrogen-bond donors (Lipinski definition) is 0. The van der Waals surface area contributed by atoms with Gasteiger partial charge >= 0.3 is 0 Å². The van der Waals surface area contributed by atoms with E-state index < -0.39 is 21.3 Å². The molecule has 0 aromatic heterocycles. The molecular formula is C27H24F2N2O2S. The molecule has 1 spiro atoms. The molecule has 0 N–H and O–H groups in total. The molecule has 0 saturated carbocycles. The molecule has 0 bridgehead atoms. The lowest BCUT2D eigenvalue weighted by Gasteiger charge is -2.33. The summed E-state index contributed by atoms with van der Waals surface area (Å²) < 4.78 is 27.7. The fourth-order valence-electron chi connectivity index (χ4n) is 4.83. The largest absolute Gasteiger partial charge is 0.310 e. The Balaban J connectivity index is 1.66. The Morgan fingerprint density at radius 3 is 2.44 bits per heavy atom. The van der Waals surface area contributed by atoms with E-state index >= 15 is 0 Å². The minimum absolute atomic E-state index is 0.0563. The molecule has 174 valence electrons. The van der Waals surface area contributed by atoms with E-state index in [2.05, 4.69) is 0 Å². The Labute approximate surface area is 201 Å². The molecule has 0 aliphatic carbocycles. The molecule has 4 nitrogen and oxygen atoms in total. The molecular weight excluding hydrogens is 454 g/mol. The van der Waals surface area contributed by atoms with Crippen molar-refractivity contribution in [3.05, 3.63) is 101 Å². The highest BCUT2D eigenvalue weighted by Crippen LogP contribution is 2.60. The van der Waals surface area contributed by atoms with Gasteiger partial charge in [-0.1, -0.05) is 42.0 Å². The van der Waals surface area contributed by atoms with Crippen molar-refractivity contribution in [2.45, 2.75) is 36.9 Å². The van der Waals surface area contributed by atoms with Crippen molar-refractivity contribution >= 4 is 29.3 Å². The van der Waals surface area contributed by atoms with Gasteiger partial charge in [-0.25, -0.2) is 8.78 Å². The number of hydrogen-bond acceptors (Lipinski definition) is 3. The van der Waals surface area contributed by atoms with Crippen molar-refractivity contribution in [3.8, 4) is 0 Å². The van der Waals surface area contributed by atoms with Gasteiger partial charge in [0.2, 0.25) is 0 Å². The van der Waals surface area contributed by atoms with Crippen LogP contribution in [0.3, 0.4) is 0 Å². The third-order valence-corrected chi connectivity index (χ3v) is 7.88. The van der Waals surface area contributed by atoms with Crippen molar-refractivity contribution in [1.29, 1.82) is 0 Å². The summed E-state index contributed by atoms with van der Waals surface area (Å²) in [5, 5.41) is 0. The van der Waals surface area contributed by atoms with Crippen molar-refractivity contribution < 1.29 is 18.4 Å². The zero-order valence-corrected chi connectivity index (χ0v) is 20.0. The van der Waals surface area contributed by atoms with Crippen LogP contribution in [0.5, 0.6) is 0 Å². The maximum absolute atomic E-state index is 14.6. The quantitative estimate of drug-likeness (QED) is 0.489. The Kier molecular flexibility index (Phi) is 5.28. The van der Waals surface area contributed by atoms with Gasteiger partial charge in [-0.2, -0.15) is 0 Å². The first-order chi connectivity index (χ1) is 16.1. The Morgan fingerprint density at radius 1 is 1.03 bits per heavy atom. The molecule has 0 radical (unpaired) electrons. The van der Waals surface area contributed by atoms with E-state index in [0.29, 0.717) is 5.69 Å². The molecule has 3 aromatic rings. The van der Waals surface area contributed by atoms with Crippen LogP contribution in [0.15, 0.2) is 66.7 Å². The van der Waals surface area contributed by atoms with Gasteiger partial charge in [0.15, 0.2) is 4.87 Å². The number of benzene rings is 3. The van der Waals surface area contributed by atoms with Crippen LogP contribution in [0.25, 0.3) is 0 Å². The van der Waals surface area contributed by atoms with E-state index in [1.807, 2.05) is 39.0 Å². The third kappa shape index (κ3) is 3.50. The van der Waals surface area contributed by atoms with Crippen LogP contribution in [0.4, 0.5) is 14.5 Å². The number of halogens is 2. The van der Waals surface area contributed by atoms with Gasteiger partial charge in [0, 0.05) is 16.9 Å². The van der Waals surface area contributed by atoms with E-state index in [1.54, 1.807) is 23.1 Å². The topological polar surface area (TPSA) is 40.6 Å². The number of rotatable bonds is 3. The summed E-state index contributed by atoms with van der Waals surface area (Å²) in [6.45, 7) is 6.43. The minimum atomic E-state index is -1.32. The fraction of sp³-hybridized carbons (Fsp3) is 0.259. The standard InChI is InChI=1S/C27H24F2N2O2S/c1-17-8-13-23-21(14-17)27(25(33)30(23)15-18-9-11-19(28)12-10-18)31(16-26(2,3)34-27)24(32)20-6-4-5-7-22(20)29/h4-14H,15-16H2,1-3H3. The second-order valence-corrected chi connectivity index (χ2v) is 11.3. The molecule has 1 unspecified atom stereocenters. The van der Waals surface area contributed by atoms with Gasteiger partial charge in [0.05, 0.1) is 17.8 Å². The fourth-order valence-corrected chi connectivity index (χ4v) is 6.55. The molecule has 2 aliphatic heterocycles. The lowest BCUT2D eigenvalue weighted by Crippen LogP contribution is -2.50. The van der Waals surface area contributed by atoms with E-state index in [4.69, 9.17) is 0 Å². The molecule has 34 heavy (non-hydrogen) atoms. The number of amides is 2. The average molecular weight is 479 g/mol. The molecule has 1 saturated heterocycles. The SMILES string of the molecule is Cc1ccc2c(c1)C1(SC(C)(C)CN1C(=O)c1ccccc1F)C(=O)N2Cc1ccc(F)cc1. The number of thioether (sulfide) groups is 1. The number of carbonyl (C=O) groups is 2. The number of anilines is 1. The Hall–Kier alpha value is -3.19. The van der Waals surface area contributed by atoms with Crippen molar-refractivity contribution in [1.82, 2.24) is 4.90 Å². The highest BCUT2D eigenvalue weighted by Gasteiger charge is 2.63. The number of carbonyl (C=O) groups excluding carboxylic acids is 2. The molecule has 7 heteroatoms. The van der Waals surface area contributed by atoms with Gasteiger partial charge in [-0.15, -0.1) is 11.8 Å². The predicted molar refractivity (Wildman–Crippen MR) is 130 cm³/mol. The van der Waals surface area contributed by atoms with Gasteiger partial charge in [0.25, 0.3) is 11.8 Å². The molecule has 1 atom stereocenters. The molecule has 1 fully saturated rings. The van der Waals surface area contributed by atoms with E-state index in [9.17, 15) is 18.4 Å². The van der Waals surface area contributed by atoms with E-state index in [0.717, 1.165) is 16.7 Å². The maximum atomic E-state index is 14.6. The van der Waals surface area contributed by atoms with Crippen LogP contribution in [0, 0.1) is 18.6 Å². The van der Waals surface area contributed by atoms with Gasteiger partial charge in [-0.3, -0.25) is 9.59 Å². The van der Waals surface area contributed by atoms with Crippen LogP contribution in [-0.2, 0) is 16.2 Å². The average Bonchev–Trinajstić information content (AvgIpc) is 3.21. The number of aryl methyl sites for hydroxylation is 1. The zero-order valence-electron chi connectivity index (χ0n) is 19.1. The highest BCUT2D eigenvalue weighted by atomic mass is 32.2. The lowest BCUT2D eigenvalue weighted by molar-refractivity contribution is -0.123. The van der Waals surface area contributed by atoms with Crippen molar-refractivity contribution in [2.75, 3.05) is 11.4 Å². The maximum Gasteiger partial charge on any atom is 0.268 e. The highest BCUT2D eigenvalue weighted by molar-refractivity contribution is 8.02. The van der Waals surface area contributed by atoms with Crippen LogP contribution in [0.2, 0.25) is 0 Å². The molecule has 5 rings (SSSR count).